The van der Waals surface area contributed by atoms with Crippen LogP contribution in [0, 0.1) is 5.82 Å². The molecule has 0 unspecified atom stereocenters. The van der Waals surface area contributed by atoms with Crippen molar-refractivity contribution in [2.75, 3.05) is 44.3 Å². The van der Waals surface area contributed by atoms with Crippen LogP contribution in [0.3, 0.4) is 0 Å². The molecule has 2 aliphatic heterocycles. The molecule has 2 aromatic rings. The minimum atomic E-state index is -0.241. The van der Waals surface area contributed by atoms with Crippen LogP contribution in [0.2, 0.25) is 0 Å². The van der Waals surface area contributed by atoms with Crippen LogP contribution in [0.5, 0.6) is 0 Å². The number of halogens is 1. The molecular weight excluding hydrogens is 295 g/mol. The van der Waals surface area contributed by atoms with Crippen LogP contribution >= 0.6 is 0 Å². The molecule has 0 saturated carbocycles. The standard InChI is InChI=1S/C17H21FN4O/c18-13-1-2-16-15(11-13)17(20-12-19-16)22-7-5-21(6-8-22)14-3-9-23-10-4-14/h1-2,11-12,14H,3-10H2. The number of piperazine rings is 1. The van der Waals surface area contributed by atoms with Gasteiger partial charge < -0.3 is 9.64 Å². The molecule has 0 aliphatic carbocycles. The van der Waals surface area contributed by atoms with Crippen molar-refractivity contribution >= 4 is 16.7 Å². The van der Waals surface area contributed by atoms with Crippen molar-refractivity contribution in [2.45, 2.75) is 18.9 Å². The minimum Gasteiger partial charge on any atom is -0.381 e. The minimum absolute atomic E-state index is 0.241. The van der Waals surface area contributed by atoms with Gasteiger partial charge in [-0.3, -0.25) is 4.90 Å². The predicted molar refractivity (Wildman–Crippen MR) is 87.1 cm³/mol. The molecule has 0 radical (unpaired) electrons. The number of benzene rings is 1. The normalized spacial score (nSPS) is 21.0. The van der Waals surface area contributed by atoms with Gasteiger partial charge in [-0.15, -0.1) is 0 Å². The van der Waals surface area contributed by atoms with Gasteiger partial charge in [0.15, 0.2) is 0 Å². The van der Waals surface area contributed by atoms with E-state index in [2.05, 4.69) is 19.8 Å². The van der Waals surface area contributed by atoms with E-state index in [0.717, 1.165) is 69.0 Å². The molecule has 3 heterocycles. The van der Waals surface area contributed by atoms with E-state index in [1.807, 2.05) is 0 Å². The van der Waals surface area contributed by atoms with E-state index < -0.39 is 0 Å². The second-order valence-electron chi connectivity index (χ2n) is 6.23. The first kappa shape index (κ1) is 14.8. The number of aromatic nitrogens is 2. The van der Waals surface area contributed by atoms with Crippen molar-refractivity contribution in [1.29, 1.82) is 0 Å². The Kier molecular flexibility index (Phi) is 4.10. The molecule has 6 heteroatoms. The van der Waals surface area contributed by atoms with Gasteiger partial charge in [-0.25, -0.2) is 14.4 Å². The fourth-order valence-electron chi connectivity index (χ4n) is 3.62. The first-order chi connectivity index (χ1) is 11.3. The van der Waals surface area contributed by atoms with Gasteiger partial charge in [0.05, 0.1) is 5.52 Å². The zero-order chi connectivity index (χ0) is 15.6. The molecule has 0 amide bonds. The Hall–Kier alpha value is -1.79. The Morgan fingerprint density at radius 1 is 1.04 bits per heavy atom. The molecule has 2 fully saturated rings. The molecule has 1 aromatic heterocycles. The highest BCUT2D eigenvalue weighted by atomic mass is 19.1. The van der Waals surface area contributed by atoms with Gasteiger partial charge >= 0.3 is 0 Å². The lowest BCUT2D eigenvalue weighted by Crippen LogP contribution is -2.51. The lowest BCUT2D eigenvalue weighted by atomic mass is 10.1. The second-order valence-corrected chi connectivity index (χ2v) is 6.23. The summed E-state index contributed by atoms with van der Waals surface area (Å²) in [4.78, 5) is 13.5. The average Bonchev–Trinajstić information content (AvgIpc) is 2.62. The Morgan fingerprint density at radius 3 is 2.61 bits per heavy atom. The lowest BCUT2D eigenvalue weighted by Gasteiger charge is -2.41. The predicted octanol–water partition coefficient (Wildman–Crippen LogP) is 2.07. The van der Waals surface area contributed by atoms with Crippen molar-refractivity contribution < 1.29 is 9.13 Å². The van der Waals surface area contributed by atoms with Gasteiger partial charge in [-0.2, -0.15) is 0 Å². The quantitative estimate of drug-likeness (QED) is 0.848. The van der Waals surface area contributed by atoms with Crippen LogP contribution in [0.1, 0.15) is 12.8 Å². The smallest absolute Gasteiger partial charge is 0.140 e. The van der Waals surface area contributed by atoms with Crippen molar-refractivity contribution in [3.05, 3.63) is 30.3 Å². The van der Waals surface area contributed by atoms with E-state index in [4.69, 9.17) is 4.74 Å². The number of anilines is 1. The van der Waals surface area contributed by atoms with Gasteiger partial charge in [-0.1, -0.05) is 0 Å². The first-order valence-electron chi connectivity index (χ1n) is 8.28. The molecule has 2 saturated heterocycles. The summed E-state index contributed by atoms with van der Waals surface area (Å²) in [5.41, 5.74) is 0.795. The highest BCUT2D eigenvalue weighted by Gasteiger charge is 2.26. The third-order valence-electron chi connectivity index (χ3n) is 4.90. The molecule has 23 heavy (non-hydrogen) atoms. The summed E-state index contributed by atoms with van der Waals surface area (Å²) in [6, 6.07) is 5.34. The number of hydrogen-bond acceptors (Lipinski definition) is 5. The number of fused-ring (bicyclic) bond motifs is 1. The number of nitrogens with zero attached hydrogens (tertiary/aromatic N) is 4. The Balaban J connectivity index is 1.51. The largest absolute Gasteiger partial charge is 0.381 e. The molecule has 1 aromatic carbocycles. The summed E-state index contributed by atoms with van der Waals surface area (Å²) >= 11 is 0. The number of hydrogen-bond donors (Lipinski definition) is 0. The fraction of sp³-hybridized carbons (Fsp3) is 0.529. The van der Waals surface area contributed by atoms with Crippen LogP contribution in [0.4, 0.5) is 10.2 Å². The van der Waals surface area contributed by atoms with E-state index in [1.54, 1.807) is 12.4 Å². The Bertz CT molecular complexity index is 681. The van der Waals surface area contributed by atoms with Crippen molar-refractivity contribution in [3.8, 4) is 0 Å². The monoisotopic (exact) mass is 316 g/mol. The maximum Gasteiger partial charge on any atom is 0.140 e. The second kappa shape index (κ2) is 6.37. The van der Waals surface area contributed by atoms with Gasteiger partial charge in [-0.05, 0) is 31.0 Å². The summed E-state index contributed by atoms with van der Waals surface area (Å²) in [7, 11) is 0. The van der Waals surface area contributed by atoms with Crippen molar-refractivity contribution in [2.24, 2.45) is 0 Å². The third kappa shape index (κ3) is 3.01. The molecule has 4 rings (SSSR count). The molecule has 122 valence electrons. The summed E-state index contributed by atoms with van der Waals surface area (Å²) < 4.78 is 19.0. The molecule has 0 spiro atoms. The van der Waals surface area contributed by atoms with E-state index in [0.29, 0.717) is 6.04 Å². The highest BCUT2D eigenvalue weighted by molar-refractivity contribution is 5.89. The highest BCUT2D eigenvalue weighted by Crippen LogP contribution is 2.25. The van der Waals surface area contributed by atoms with Crippen LogP contribution in [-0.4, -0.2) is 60.3 Å². The molecule has 0 bridgehead atoms. The molecular formula is C17H21FN4O. The summed E-state index contributed by atoms with van der Waals surface area (Å²) in [6.45, 7) is 5.62. The average molecular weight is 316 g/mol. The van der Waals surface area contributed by atoms with E-state index in [-0.39, 0.29) is 5.82 Å². The summed E-state index contributed by atoms with van der Waals surface area (Å²) in [6.07, 6.45) is 3.82. The van der Waals surface area contributed by atoms with Gasteiger partial charge in [0.1, 0.15) is 18.0 Å². The lowest BCUT2D eigenvalue weighted by molar-refractivity contribution is 0.0321. The van der Waals surface area contributed by atoms with Gasteiger partial charge in [0, 0.05) is 50.8 Å². The first-order valence-corrected chi connectivity index (χ1v) is 8.28. The van der Waals surface area contributed by atoms with Crippen molar-refractivity contribution in [1.82, 2.24) is 14.9 Å². The van der Waals surface area contributed by atoms with Crippen LogP contribution in [0.25, 0.3) is 10.9 Å². The third-order valence-corrected chi connectivity index (χ3v) is 4.90. The summed E-state index contributed by atoms with van der Waals surface area (Å²) in [5.74, 6) is 0.607. The maximum atomic E-state index is 13.6. The number of ether oxygens (including phenoxy) is 1. The zero-order valence-corrected chi connectivity index (χ0v) is 13.1. The van der Waals surface area contributed by atoms with Gasteiger partial charge in [0.2, 0.25) is 0 Å². The SMILES string of the molecule is Fc1ccc2ncnc(N3CCN(C4CCOCC4)CC3)c2c1. The van der Waals surface area contributed by atoms with Crippen LogP contribution in [0.15, 0.2) is 24.5 Å². The zero-order valence-electron chi connectivity index (χ0n) is 13.1. The fourth-order valence-corrected chi connectivity index (χ4v) is 3.62. The number of rotatable bonds is 2. The topological polar surface area (TPSA) is 41.5 Å². The van der Waals surface area contributed by atoms with E-state index in [9.17, 15) is 4.39 Å². The van der Waals surface area contributed by atoms with Crippen LogP contribution in [-0.2, 0) is 4.74 Å². The van der Waals surface area contributed by atoms with Crippen molar-refractivity contribution in [3.63, 3.8) is 0 Å². The summed E-state index contributed by atoms with van der Waals surface area (Å²) in [5, 5.41) is 0.798. The van der Waals surface area contributed by atoms with Crippen LogP contribution < -0.4 is 4.90 Å². The maximum absolute atomic E-state index is 13.6. The van der Waals surface area contributed by atoms with Gasteiger partial charge in [0.25, 0.3) is 0 Å². The van der Waals surface area contributed by atoms with E-state index >= 15 is 0 Å². The molecule has 5 nitrogen and oxygen atoms in total. The molecule has 2 aliphatic rings. The molecule has 0 N–H and O–H groups in total. The van der Waals surface area contributed by atoms with E-state index in [1.165, 1.54) is 12.1 Å². The Morgan fingerprint density at radius 2 is 1.83 bits per heavy atom. The Labute approximate surface area is 135 Å². The molecule has 0 atom stereocenters.